The Morgan fingerprint density at radius 2 is 1.97 bits per heavy atom. The molecular weight excluding hydrogens is 442 g/mol. The van der Waals surface area contributed by atoms with Gasteiger partial charge in [0.15, 0.2) is 17.2 Å². The molecule has 0 radical (unpaired) electrons. The van der Waals surface area contributed by atoms with Crippen LogP contribution in [0.1, 0.15) is 15.9 Å². The average molecular weight is 459 g/mol. The molecule has 0 saturated carbocycles. The van der Waals surface area contributed by atoms with E-state index < -0.39 is 18.4 Å². The Labute approximate surface area is 186 Å². The van der Waals surface area contributed by atoms with Gasteiger partial charge in [0.05, 0.1) is 27.9 Å². The number of benzene rings is 2. The van der Waals surface area contributed by atoms with Crippen LogP contribution in [0.5, 0.6) is 11.6 Å². The molecule has 32 heavy (non-hydrogen) atoms. The number of pyridine rings is 1. The molecule has 7 nitrogen and oxygen atoms in total. The number of anilines is 1. The van der Waals surface area contributed by atoms with Gasteiger partial charge in [0.2, 0.25) is 5.88 Å². The smallest absolute Gasteiger partial charge is 0.260 e. The van der Waals surface area contributed by atoms with E-state index in [0.29, 0.717) is 11.0 Å². The van der Waals surface area contributed by atoms with Crippen molar-refractivity contribution in [3.8, 4) is 11.6 Å². The lowest BCUT2D eigenvalue weighted by Gasteiger charge is -2.12. The van der Waals surface area contributed by atoms with Gasteiger partial charge in [-0.05, 0) is 23.8 Å². The maximum atomic E-state index is 15.0. The van der Waals surface area contributed by atoms with Crippen LogP contribution < -0.4 is 14.8 Å². The van der Waals surface area contributed by atoms with Crippen molar-refractivity contribution >= 4 is 34.2 Å². The molecule has 2 N–H and O–H groups in total. The van der Waals surface area contributed by atoms with Crippen molar-refractivity contribution in [2.45, 2.75) is 6.61 Å². The summed E-state index contributed by atoms with van der Waals surface area (Å²) in [5.74, 6) is -1.63. The van der Waals surface area contributed by atoms with Crippen molar-refractivity contribution in [3.63, 3.8) is 0 Å². The number of nitrogens with zero attached hydrogens (tertiary/aromatic N) is 2. The molecule has 0 unspecified atom stereocenters. The van der Waals surface area contributed by atoms with Crippen molar-refractivity contribution < 1.29 is 23.0 Å². The van der Waals surface area contributed by atoms with Gasteiger partial charge in [-0.3, -0.25) is 9.89 Å². The summed E-state index contributed by atoms with van der Waals surface area (Å²) >= 11 is 6.10. The second-order valence-corrected chi connectivity index (χ2v) is 7.06. The van der Waals surface area contributed by atoms with Crippen LogP contribution in [0.4, 0.5) is 14.5 Å². The number of carbonyl (C=O) groups is 1. The van der Waals surface area contributed by atoms with E-state index in [2.05, 4.69) is 20.5 Å². The Bertz CT molecular complexity index is 1250. The highest BCUT2D eigenvalue weighted by Gasteiger charge is 2.21. The summed E-state index contributed by atoms with van der Waals surface area (Å²) in [5.41, 5.74) is 1.12. The fraction of sp³-hybridized carbons (Fsp3) is 0.136. The molecule has 2 heterocycles. The highest BCUT2D eigenvalue weighted by atomic mass is 35.5. The summed E-state index contributed by atoms with van der Waals surface area (Å²) in [6.45, 7) is -0.727. The van der Waals surface area contributed by atoms with E-state index in [4.69, 9.17) is 21.1 Å². The third-order valence-electron chi connectivity index (χ3n) is 4.48. The molecule has 0 aliphatic rings. The molecule has 1 amide bonds. The zero-order valence-corrected chi connectivity index (χ0v) is 17.3. The van der Waals surface area contributed by atoms with Crippen molar-refractivity contribution in [2.24, 2.45) is 0 Å². The average Bonchev–Trinajstić information content (AvgIpc) is 3.20. The van der Waals surface area contributed by atoms with Crippen molar-refractivity contribution in [1.82, 2.24) is 15.2 Å². The molecule has 4 aromatic rings. The molecule has 0 fully saturated rings. The number of rotatable bonds is 8. The standard InChI is InChI=1S/C22H17ClF2N4O3/c23-16-6-7-17(32-12-13-4-2-1-3-5-13)19(25)18(16)21(30)27-14-10-15-20(26-11-14)28-29-22(15)31-9-8-24/h1-7,10-11H,8-9,12H2,(H,27,30)(H,26,28,29). The van der Waals surface area contributed by atoms with E-state index in [-0.39, 0.29) is 41.1 Å². The van der Waals surface area contributed by atoms with Crippen molar-refractivity contribution in [1.29, 1.82) is 0 Å². The molecule has 2 aromatic heterocycles. The topological polar surface area (TPSA) is 89.1 Å². The Kier molecular flexibility index (Phi) is 6.46. The molecule has 0 aliphatic heterocycles. The summed E-state index contributed by atoms with van der Waals surface area (Å²) in [5, 5.41) is 9.47. The van der Waals surface area contributed by atoms with Crippen LogP contribution in [-0.2, 0) is 6.61 Å². The normalized spacial score (nSPS) is 10.8. The van der Waals surface area contributed by atoms with Crippen LogP contribution in [0, 0.1) is 5.82 Å². The molecule has 0 bridgehead atoms. The van der Waals surface area contributed by atoms with Gasteiger partial charge in [0, 0.05) is 0 Å². The van der Waals surface area contributed by atoms with Crippen LogP contribution in [0.3, 0.4) is 0 Å². The molecule has 0 spiro atoms. The van der Waals surface area contributed by atoms with Gasteiger partial charge >= 0.3 is 0 Å². The van der Waals surface area contributed by atoms with Crippen molar-refractivity contribution in [3.05, 3.63) is 76.7 Å². The Morgan fingerprint density at radius 3 is 2.75 bits per heavy atom. The summed E-state index contributed by atoms with van der Waals surface area (Å²) in [6, 6.07) is 13.5. The number of carbonyl (C=O) groups excluding carboxylic acids is 1. The van der Waals surface area contributed by atoms with E-state index in [1.54, 1.807) is 0 Å². The summed E-state index contributed by atoms with van der Waals surface area (Å²) in [6.07, 6.45) is 1.36. The number of aromatic amines is 1. The second-order valence-electron chi connectivity index (χ2n) is 6.65. The first kappa shape index (κ1) is 21.5. The minimum atomic E-state index is -0.879. The van der Waals surface area contributed by atoms with E-state index in [1.165, 1.54) is 24.4 Å². The van der Waals surface area contributed by atoms with Gasteiger partial charge in [0.25, 0.3) is 5.91 Å². The van der Waals surface area contributed by atoms with Gasteiger partial charge in [-0.25, -0.2) is 13.8 Å². The number of aromatic nitrogens is 3. The number of amides is 1. The fourth-order valence-corrected chi connectivity index (χ4v) is 3.21. The lowest BCUT2D eigenvalue weighted by molar-refractivity contribution is 0.102. The van der Waals surface area contributed by atoms with Crippen LogP contribution in [0.2, 0.25) is 5.02 Å². The minimum absolute atomic E-state index is 0.0728. The quantitative estimate of drug-likeness (QED) is 0.391. The lowest BCUT2D eigenvalue weighted by atomic mass is 10.1. The van der Waals surface area contributed by atoms with Gasteiger partial charge in [-0.1, -0.05) is 41.9 Å². The summed E-state index contributed by atoms with van der Waals surface area (Å²) in [7, 11) is 0. The van der Waals surface area contributed by atoms with Crippen LogP contribution in [0.25, 0.3) is 11.0 Å². The molecule has 4 rings (SSSR count). The first-order chi connectivity index (χ1) is 15.6. The number of hydrogen-bond donors (Lipinski definition) is 2. The van der Waals surface area contributed by atoms with Crippen molar-refractivity contribution in [2.75, 3.05) is 18.6 Å². The maximum absolute atomic E-state index is 15.0. The number of halogens is 3. The van der Waals surface area contributed by atoms with Crippen LogP contribution in [-0.4, -0.2) is 34.4 Å². The van der Waals surface area contributed by atoms with Gasteiger partial charge in [-0.15, -0.1) is 5.10 Å². The van der Waals surface area contributed by atoms with E-state index in [0.717, 1.165) is 5.56 Å². The molecule has 0 saturated heterocycles. The molecule has 0 aliphatic carbocycles. The third kappa shape index (κ3) is 4.62. The highest BCUT2D eigenvalue weighted by Crippen LogP contribution is 2.30. The first-order valence-electron chi connectivity index (χ1n) is 9.55. The number of ether oxygens (including phenoxy) is 2. The molecule has 10 heteroatoms. The zero-order chi connectivity index (χ0) is 22.5. The lowest BCUT2D eigenvalue weighted by Crippen LogP contribution is -2.15. The Hall–Kier alpha value is -3.72. The largest absolute Gasteiger partial charge is 0.486 e. The Balaban J connectivity index is 1.55. The molecule has 2 aromatic carbocycles. The van der Waals surface area contributed by atoms with Gasteiger partial charge in [0.1, 0.15) is 19.9 Å². The monoisotopic (exact) mass is 458 g/mol. The number of H-pyrrole nitrogens is 1. The van der Waals surface area contributed by atoms with E-state index >= 15 is 4.39 Å². The van der Waals surface area contributed by atoms with E-state index in [1.807, 2.05) is 30.3 Å². The number of hydrogen-bond acceptors (Lipinski definition) is 5. The number of alkyl halides is 1. The Morgan fingerprint density at radius 1 is 1.16 bits per heavy atom. The molecule has 0 atom stereocenters. The molecule has 164 valence electrons. The number of fused-ring (bicyclic) bond motifs is 1. The predicted octanol–water partition coefficient (Wildman–Crippen LogP) is 4.93. The first-order valence-corrected chi connectivity index (χ1v) is 9.93. The van der Waals surface area contributed by atoms with Crippen LogP contribution >= 0.6 is 11.6 Å². The van der Waals surface area contributed by atoms with Gasteiger partial charge in [-0.2, -0.15) is 0 Å². The third-order valence-corrected chi connectivity index (χ3v) is 4.79. The maximum Gasteiger partial charge on any atom is 0.260 e. The van der Waals surface area contributed by atoms with E-state index in [9.17, 15) is 9.18 Å². The zero-order valence-electron chi connectivity index (χ0n) is 16.6. The predicted molar refractivity (Wildman–Crippen MR) is 115 cm³/mol. The molecular formula is C22H17ClF2N4O3. The van der Waals surface area contributed by atoms with Gasteiger partial charge < -0.3 is 14.8 Å². The second kappa shape index (κ2) is 9.61. The summed E-state index contributed by atoms with van der Waals surface area (Å²) < 4.78 is 38.2. The summed E-state index contributed by atoms with van der Waals surface area (Å²) in [4.78, 5) is 16.9. The number of nitrogens with one attached hydrogen (secondary N) is 2. The highest BCUT2D eigenvalue weighted by molar-refractivity contribution is 6.34. The SMILES string of the molecule is O=C(Nc1cnc2[nH]nc(OCCF)c2c1)c1c(Cl)ccc(OCc2ccccc2)c1F. The fourth-order valence-electron chi connectivity index (χ4n) is 2.98. The minimum Gasteiger partial charge on any atom is -0.486 e. The van der Waals surface area contributed by atoms with Crippen LogP contribution in [0.15, 0.2) is 54.7 Å².